The summed E-state index contributed by atoms with van der Waals surface area (Å²) in [4.78, 5) is 23.5. The van der Waals surface area contributed by atoms with Gasteiger partial charge in [-0.2, -0.15) is 0 Å². The van der Waals surface area contributed by atoms with Gasteiger partial charge in [0.1, 0.15) is 5.82 Å². The number of hydrogen-bond donors (Lipinski definition) is 1. The first-order chi connectivity index (χ1) is 14.0. The lowest BCUT2D eigenvalue weighted by Gasteiger charge is -2.26. The Labute approximate surface area is 173 Å². The number of carbonyl (C=O) groups is 1. The van der Waals surface area contributed by atoms with Gasteiger partial charge in [-0.3, -0.25) is 4.79 Å². The number of rotatable bonds is 4. The van der Waals surface area contributed by atoms with Gasteiger partial charge >= 0.3 is 0 Å². The van der Waals surface area contributed by atoms with Crippen molar-refractivity contribution in [3.8, 4) is 11.1 Å². The maximum absolute atomic E-state index is 13.1. The summed E-state index contributed by atoms with van der Waals surface area (Å²) in [7, 11) is 0. The number of aromatic nitrogens is 2. The standard InChI is InChI=1S/C22H20ClFN4O/c23-16-7-5-15(6-8-16)18-13-26-22(25)27-21(18)19-2-1-11-28(19)20(29)12-14-3-9-17(24)10-4-14/h3-10,13,19H,1-2,11-12H2,(H2,25,26,27)/t19-/m1/s1. The Morgan fingerprint density at radius 1 is 1.17 bits per heavy atom. The summed E-state index contributed by atoms with van der Waals surface area (Å²) in [5.41, 5.74) is 9.15. The van der Waals surface area contributed by atoms with Crippen LogP contribution in [0.15, 0.2) is 54.7 Å². The monoisotopic (exact) mass is 410 g/mol. The van der Waals surface area contributed by atoms with Crippen molar-refractivity contribution in [2.45, 2.75) is 25.3 Å². The fourth-order valence-corrected chi connectivity index (χ4v) is 3.87. The maximum atomic E-state index is 13.1. The molecule has 0 bridgehead atoms. The highest BCUT2D eigenvalue weighted by Gasteiger charge is 2.33. The van der Waals surface area contributed by atoms with Crippen molar-refractivity contribution >= 4 is 23.5 Å². The summed E-state index contributed by atoms with van der Waals surface area (Å²) >= 11 is 6.02. The number of likely N-dealkylation sites (tertiary alicyclic amines) is 1. The molecule has 1 aromatic heterocycles. The fourth-order valence-electron chi connectivity index (χ4n) is 3.74. The molecule has 1 aliphatic heterocycles. The third kappa shape index (κ3) is 4.22. The molecule has 0 radical (unpaired) electrons. The van der Waals surface area contributed by atoms with Gasteiger partial charge in [0, 0.05) is 23.3 Å². The van der Waals surface area contributed by atoms with Crippen molar-refractivity contribution in [3.63, 3.8) is 0 Å². The molecule has 1 aliphatic rings. The molecule has 7 heteroatoms. The number of nitrogens with zero attached hydrogens (tertiary/aromatic N) is 3. The number of amides is 1. The summed E-state index contributed by atoms with van der Waals surface area (Å²) in [6.07, 6.45) is 3.59. The predicted octanol–water partition coefficient (Wildman–Crippen LogP) is 4.42. The van der Waals surface area contributed by atoms with E-state index in [1.807, 2.05) is 29.2 Å². The Balaban J connectivity index is 1.64. The first-order valence-electron chi connectivity index (χ1n) is 9.43. The van der Waals surface area contributed by atoms with Crippen molar-refractivity contribution < 1.29 is 9.18 Å². The van der Waals surface area contributed by atoms with E-state index in [1.165, 1.54) is 12.1 Å². The van der Waals surface area contributed by atoms with E-state index in [0.29, 0.717) is 11.6 Å². The predicted molar refractivity (Wildman–Crippen MR) is 111 cm³/mol. The molecule has 0 aliphatic carbocycles. The molecule has 1 atom stereocenters. The summed E-state index contributed by atoms with van der Waals surface area (Å²) in [5.74, 6) is -0.154. The molecule has 2 heterocycles. The number of hydrogen-bond acceptors (Lipinski definition) is 4. The van der Waals surface area contributed by atoms with Crippen molar-refractivity contribution in [2.24, 2.45) is 0 Å². The normalized spacial score (nSPS) is 16.2. The first-order valence-corrected chi connectivity index (χ1v) is 9.81. The zero-order chi connectivity index (χ0) is 20.4. The van der Waals surface area contributed by atoms with Crippen LogP contribution in [-0.2, 0) is 11.2 Å². The van der Waals surface area contributed by atoms with Crippen LogP contribution in [0, 0.1) is 5.82 Å². The topological polar surface area (TPSA) is 72.1 Å². The Bertz CT molecular complexity index is 1020. The number of halogens is 2. The van der Waals surface area contributed by atoms with Gasteiger partial charge in [0.15, 0.2) is 0 Å². The molecule has 2 N–H and O–H groups in total. The molecule has 0 unspecified atom stereocenters. The number of carbonyl (C=O) groups excluding carboxylic acids is 1. The van der Waals surface area contributed by atoms with Crippen LogP contribution in [-0.4, -0.2) is 27.3 Å². The number of nitrogen functional groups attached to an aromatic ring is 1. The minimum atomic E-state index is -0.315. The van der Waals surface area contributed by atoms with E-state index < -0.39 is 0 Å². The van der Waals surface area contributed by atoms with Crippen LogP contribution in [0.1, 0.15) is 30.1 Å². The van der Waals surface area contributed by atoms with E-state index in [1.54, 1.807) is 18.3 Å². The van der Waals surface area contributed by atoms with E-state index in [0.717, 1.165) is 35.2 Å². The van der Waals surface area contributed by atoms with E-state index in [9.17, 15) is 9.18 Å². The molecule has 148 valence electrons. The molecular weight excluding hydrogens is 391 g/mol. The van der Waals surface area contributed by atoms with Gasteiger partial charge in [0.05, 0.1) is 18.2 Å². The van der Waals surface area contributed by atoms with Crippen LogP contribution in [0.4, 0.5) is 10.3 Å². The molecule has 29 heavy (non-hydrogen) atoms. The van der Waals surface area contributed by atoms with Crippen LogP contribution >= 0.6 is 11.6 Å². The quantitative estimate of drug-likeness (QED) is 0.690. The molecule has 1 saturated heterocycles. The van der Waals surface area contributed by atoms with Crippen LogP contribution in [0.5, 0.6) is 0 Å². The average molecular weight is 411 g/mol. The van der Waals surface area contributed by atoms with Crippen LogP contribution < -0.4 is 5.73 Å². The molecule has 3 aromatic rings. The molecule has 4 rings (SSSR count). The second-order valence-corrected chi connectivity index (χ2v) is 7.52. The molecule has 5 nitrogen and oxygen atoms in total. The zero-order valence-electron chi connectivity index (χ0n) is 15.7. The van der Waals surface area contributed by atoms with Crippen molar-refractivity contribution in [1.82, 2.24) is 14.9 Å². The minimum absolute atomic E-state index is 0.0154. The summed E-state index contributed by atoms with van der Waals surface area (Å²) < 4.78 is 13.1. The van der Waals surface area contributed by atoms with Crippen LogP contribution in [0.25, 0.3) is 11.1 Å². The first kappa shape index (κ1) is 19.3. The van der Waals surface area contributed by atoms with Gasteiger partial charge in [-0.05, 0) is 48.2 Å². The van der Waals surface area contributed by atoms with E-state index in [4.69, 9.17) is 17.3 Å². The summed E-state index contributed by atoms with van der Waals surface area (Å²) in [6.45, 7) is 0.647. The van der Waals surface area contributed by atoms with Gasteiger partial charge in [0.2, 0.25) is 11.9 Å². The second kappa shape index (κ2) is 8.17. The highest BCUT2D eigenvalue weighted by Crippen LogP contribution is 2.37. The highest BCUT2D eigenvalue weighted by atomic mass is 35.5. The second-order valence-electron chi connectivity index (χ2n) is 7.08. The molecule has 2 aromatic carbocycles. The Kier molecular flexibility index (Phi) is 5.45. The third-order valence-electron chi connectivity index (χ3n) is 5.15. The summed E-state index contributed by atoms with van der Waals surface area (Å²) in [5, 5.41) is 0.642. The van der Waals surface area contributed by atoms with Gasteiger partial charge < -0.3 is 10.6 Å². The van der Waals surface area contributed by atoms with Gasteiger partial charge in [-0.15, -0.1) is 0 Å². The number of benzene rings is 2. The van der Waals surface area contributed by atoms with E-state index >= 15 is 0 Å². The molecule has 1 fully saturated rings. The smallest absolute Gasteiger partial charge is 0.227 e. The number of anilines is 1. The largest absolute Gasteiger partial charge is 0.368 e. The van der Waals surface area contributed by atoms with Crippen LogP contribution in [0.2, 0.25) is 5.02 Å². The fraction of sp³-hybridized carbons (Fsp3) is 0.227. The van der Waals surface area contributed by atoms with Crippen molar-refractivity contribution in [1.29, 1.82) is 0 Å². The lowest BCUT2D eigenvalue weighted by molar-refractivity contribution is -0.131. The SMILES string of the molecule is Nc1ncc(-c2ccc(Cl)cc2)c([C@H]2CCCN2C(=O)Cc2ccc(F)cc2)n1. The minimum Gasteiger partial charge on any atom is -0.368 e. The molecule has 0 spiro atoms. The Morgan fingerprint density at radius 3 is 2.62 bits per heavy atom. The summed E-state index contributed by atoms with van der Waals surface area (Å²) in [6, 6.07) is 13.3. The van der Waals surface area contributed by atoms with Crippen molar-refractivity contribution in [3.05, 3.63) is 76.8 Å². The van der Waals surface area contributed by atoms with Crippen LogP contribution in [0.3, 0.4) is 0 Å². The van der Waals surface area contributed by atoms with E-state index in [2.05, 4.69) is 9.97 Å². The van der Waals surface area contributed by atoms with Gasteiger partial charge in [0.25, 0.3) is 0 Å². The molecular formula is C22H20ClFN4O. The Morgan fingerprint density at radius 2 is 1.90 bits per heavy atom. The maximum Gasteiger partial charge on any atom is 0.227 e. The lowest BCUT2D eigenvalue weighted by atomic mass is 9.99. The third-order valence-corrected chi connectivity index (χ3v) is 5.40. The molecule has 0 saturated carbocycles. The molecule has 1 amide bonds. The highest BCUT2D eigenvalue weighted by molar-refractivity contribution is 6.30. The number of nitrogens with two attached hydrogens (primary N) is 1. The van der Waals surface area contributed by atoms with E-state index in [-0.39, 0.29) is 30.1 Å². The Hall–Kier alpha value is -2.99. The zero-order valence-corrected chi connectivity index (χ0v) is 16.4. The van der Waals surface area contributed by atoms with Gasteiger partial charge in [-0.25, -0.2) is 14.4 Å². The average Bonchev–Trinajstić information content (AvgIpc) is 3.20. The lowest BCUT2D eigenvalue weighted by Crippen LogP contribution is -2.32. The van der Waals surface area contributed by atoms with Gasteiger partial charge in [-0.1, -0.05) is 35.9 Å². The van der Waals surface area contributed by atoms with Crippen molar-refractivity contribution in [2.75, 3.05) is 12.3 Å².